The molecule has 0 bridgehead atoms. The van der Waals surface area contributed by atoms with E-state index in [1.807, 2.05) is 13.1 Å². The van der Waals surface area contributed by atoms with Crippen molar-refractivity contribution >= 4 is 5.69 Å². The Kier molecular flexibility index (Phi) is 3.94. The summed E-state index contributed by atoms with van der Waals surface area (Å²) in [4.78, 5) is 2.43. The zero-order chi connectivity index (χ0) is 14.1. The van der Waals surface area contributed by atoms with Gasteiger partial charge < -0.3 is 15.0 Å². The number of ether oxygens (including phenoxy) is 1. The molecule has 4 heteroatoms. The monoisotopic (exact) mass is 278 g/mol. The van der Waals surface area contributed by atoms with Gasteiger partial charge in [0.2, 0.25) is 0 Å². The number of hydrogen-bond acceptors (Lipinski definition) is 3. The second-order valence-electron chi connectivity index (χ2n) is 5.81. The van der Waals surface area contributed by atoms with Crippen LogP contribution in [0.2, 0.25) is 0 Å². The van der Waals surface area contributed by atoms with Crippen LogP contribution in [0.15, 0.2) is 18.2 Å². The quantitative estimate of drug-likeness (QED) is 0.920. The largest absolute Gasteiger partial charge is 0.374 e. The summed E-state index contributed by atoms with van der Waals surface area (Å²) in [7, 11) is 1.91. The number of rotatable bonds is 3. The first kappa shape index (κ1) is 13.8. The maximum absolute atomic E-state index is 13.6. The Hall–Kier alpha value is -1.13. The van der Waals surface area contributed by atoms with Crippen molar-refractivity contribution in [3.8, 4) is 0 Å². The standard InChI is InChI=1S/C16H23FN2O/c1-11(18-2)13-10-12(17)6-7-14(13)19-8-9-20-16-5-3-4-15(16)19/h6-7,10-11,15-16,18H,3-5,8-9H2,1-2H3. The molecule has 0 radical (unpaired) electrons. The Morgan fingerprint density at radius 1 is 1.40 bits per heavy atom. The lowest BCUT2D eigenvalue weighted by molar-refractivity contribution is 0.0255. The molecule has 0 aromatic heterocycles. The van der Waals surface area contributed by atoms with E-state index >= 15 is 0 Å². The third-order valence-corrected chi connectivity index (χ3v) is 4.68. The van der Waals surface area contributed by atoms with Crippen molar-refractivity contribution in [1.29, 1.82) is 0 Å². The number of halogens is 1. The molecule has 110 valence electrons. The van der Waals surface area contributed by atoms with E-state index in [2.05, 4.69) is 17.1 Å². The van der Waals surface area contributed by atoms with E-state index in [1.54, 1.807) is 12.1 Å². The third-order valence-electron chi connectivity index (χ3n) is 4.68. The summed E-state index contributed by atoms with van der Waals surface area (Å²) in [6, 6.07) is 5.76. The molecular formula is C16H23FN2O. The summed E-state index contributed by atoms with van der Waals surface area (Å²) in [6.07, 6.45) is 3.91. The summed E-state index contributed by atoms with van der Waals surface area (Å²) in [5.41, 5.74) is 2.20. The number of fused-ring (bicyclic) bond motifs is 1. The summed E-state index contributed by atoms with van der Waals surface area (Å²) >= 11 is 0. The van der Waals surface area contributed by atoms with Crippen LogP contribution in [0.4, 0.5) is 10.1 Å². The van der Waals surface area contributed by atoms with Gasteiger partial charge in [-0.15, -0.1) is 0 Å². The highest BCUT2D eigenvalue weighted by atomic mass is 19.1. The van der Waals surface area contributed by atoms with Gasteiger partial charge in [0.1, 0.15) is 5.82 Å². The predicted molar refractivity (Wildman–Crippen MR) is 78.6 cm³/mol. The van der Waals surface area contributed by atoms with E-state index in [-0.39, 0.29) is 11.9 Å². The topological polar surface area (TPSA) is 24.5 Å². The van der Waals surface area contributed by atoms with Gasteiger partial charge in [0.15, 0.2) is 0 Å². The van der Waals surface area contributed by atoms with E-state index in [9.17, 15) is 4.39 Å². The van der Waals surface area contributed by atoms with Gasteiger partial charge in [-0.25, -0.2) is 4.39 Å². The molecule has 3 unspecified atom stereocenters. The number of anilines is 1. The molecule has 1 aromatic rings. The predicted octanol–water partition coefficient (Wildman–Crippen LogP) is 2.86. The Bertz CT molecular complexity index is 480. The highest BCUT2D eigenvalue weighted by Crippen LogP contribution is 2.36. The normalized spacial score (nSPS) is 27.4. The van der Waals surface area contributed by atoms with E-state index in [0.717, 1.165) is 30.8 Å². The van der Waals surface area contributed by atoms with E-state index in [0.29, 0.717) is 12.1 Å². The SMILES string of the molecule is CNC(C)c1cc(F)ccc1N1CCOC2CCCC21. The molecule has 0 spiro atoms. The van der Waals surface area contributed by atoms with Crippen molar-refractivity contribution < 1.29 is 9.13 Å². The molecule has 2 aliphatic rings. The molecule has 3 nitrogen and oxygen atoms in total. The van der Waals surface area contributed by atoms with Crippen molar-refractivity contribution in [2.24, 2.45) is 0 Å². The second kappa shape index (κ2) is 5.70. The minimum absolute atomic E-state index is 0.142. The van der Waals surface area contributed by atoms with Gasteiger partial charge in [0, 0.05) is 18.3 Å². The maximum Gasteiger partial charge on any atom is 0.123 e. The molecule has 3 atom stereocenters. The van der Waals surface area contributed by atoms with Crippen LogP contribution in [0.5, 0.6) is 0 Å². The van der Waals surface area contributed by atoms with E-state index < -0.39 is 0 Å². The molecule has 1 aliphatic heterocycles. The van der Waals surface area contributed by atoms with Gasteiger partial charge in [-0.3, -0.25) is 0 Å². The number of nitrogens with one attached hydrogen (secondary N) is 1. The van der Waals surface area contributed by atoms with E-state index in [4.69, 9.17) is 4.74 Å². The Morgan fingerprint density at radius 3 is 3.05 bits per heavy atom. The Morgan fingerprint density at radius 2 is 2.25 bits per heavy atom. The van der Waals surface area contributed by atoms with E-state index in [1.165, 1.54) is 12.8 Å². The molecule has 1 aromatic carbocycles. The average Bonchev–Trinajstić information content (AvgIpc) is 2.95. The smallest absolute Gasteiger partial charge is 0.123 e. The van der Waals surface area contributed by atoms with Gasteiger partial charge in [0.25, 0.3) is 0 Å². The van der Waals surface area contributed by atoms with Crippen LogP contribution in [-0.2, 0) is 4.74 Å². The molecule has 1 saturated carbocycles. The Labute approximate surface area is 120 Å². The number of benzene rings is 1. The fourth-order valence-corrected chi connectivity index (χ4v) is 3.51. The fraction of sp³-hybridized carbons (Fsp3) is 0.625. The Balaban J connectivity index is 1.96. The minimum Gasteiger partial charge on any atom is -0.374 e. The lowest BCUT2D eigenvalue weighted by Gasteiger charge is -2.40. The highest BCUT2D eigenvalue weighted by molar-refractivity contribution is 5.56. The summed E-state index contributed by atoms with van der Waals surface area (Å²) in [5.74, 6) is -0.165. The average molecular weight is 278 g/mol. The molecule has 20 heavy (non-hydrogen) atoms. The van der Waals surface area contributed by atoms with Gasteiger partial charge in [-0.1, -0.05) is 0 Å². The molecule has 1 heterocycles. The lowest BCUT2D eigenvalue weighted by atomic mass is 10.0. The minimum atomic E-state index is -0.165. The zero-order valence-corrected chi connectivity index (χ0v) is 12.2. The number of hydrogen-bond donors (Lipinski definition) is 1. The summed E-state index contributed by atoms with van der Waals surface area (Å²) in [6.45, 7) is 3.74. The van der Waals surface area contributed by atoms with Crippen LogP contribution in [0, 0.1) is 5.82 Å². The molecule has 0 amide bonds. The van der Waals surface area contributed by atoms with Crippen LogP contribution in [0.25, 0.3) is 0 Å². The van der Waals surface area contributed by atoms with Gasteiger partial charge >= 0.3 is 0 Å². The van der Waals surface area contributed by atoms with Crippen molar-refractivity contribution in [3.05, 3.63) is 29.6 Å². The van der Waals surface area contributed by atoms with Crippen LogP contribution in [-0.4, -0.2) is 32.3 Å². The first-order valence-corrected chi connectivity index (χ1v) is 7.55. The molecule has 1 saturated heterocycles. The first-order chi connectivity index (χ1) is 9.70. The van der Waals surface area contributed by atoms with Gasteiger partial charge in [-0.05, 0) is 57.0 Å². The van der Waals surface area contributed by atoms with Crippen molar-refractivity contribution in [2.75, 3.05) is 25.1 Å². The van der Waals surface area contributed by atoms with Crippen molar-refractivity contribution in [3.63, 3.8) is 0 Å². The number of morpholine rings is 1. The van der Waals surface area contributed by atoms with Crippen LogP contribution in [0.1, 0.15) is 37.8 Å². The van der Waals surface area contributed by atoms with Gasteiger partial charge in [-0.2, -0.15) is 0 Å². The summed E-state index contributed by atoms with van der Waals surface area (Å²) < 4.78 is 19.5. The lowest BCUT2D eigenvalue weighted by Crippen LogP contribution is -2.49. The third kappa shape index (κ3) is 2.42. The van der Waals surface area contributed by atoms with Crippen LogP contribution < -0.4 is 10.2 Å². The number of nitrogens with zero attached hydrogens (tertiary/aromatic N) is 1. The fourth-order valence-electron chi connectivity index (χ4n) is 3.51. The zero-order valence-electron chi connectivity index (χ0n) is 12.2. The molecule has 2 fully saturated rings. The first-order valence-electron chi connectivity index (χ1n) is 7.55. The molecular weight excluding hydrogens is 255 g/mol. The maximum atomic E-state index is 13.6. The van der Waals surface area contributed by atoms with Crippen molar-refractivity contribution in [2.45, 2.75) is 44.4 Å². The van der Waals surface area contributed by atoms with Gasteiger partial charge in [0.05, 0.1) is 18.8 Å². The second-order valence-corrected chi connectivity index (χ2v) is 5.81. The molecule has 1 N–H and O–H groups in total. The van der Waals surface area contributed by atoms with Crippen molar-refractivity contribution in [1.82, 2.24) is 5.32 Å². The summed E-state index contributed by atoms with van der Waals surface area (Å²) in [5, 5.41) is 3.22. The molecule has 1 aliphatic carbocycles. The van der Waals surface area contributed by atoms with Crippen LogP contribution >= 0.6 is 0 Å². The van der Waals surface area contributed by atoms with Crippen LogP contribution in [0.3, 0.4) is 0 Å². The molecule has 3 rings (SSSR count). The highest BCUT2D eigenvalue weighted by Gasteiger charge is 2.37.